The average Bonchev–Trinajstić information content (AvgIpc) is 3.03. The summed E-state index contributed by atoms with van der Waals surface area (Å²) in [5, 5.41) is 11.5. The number of fused-ring (bicyclic) bond motifs is 1. The molecule has 22 heavy (non-hydrogen) atoms. The van der Waals surface area contributed by atoms with Crippen LogP contribution >= 0.6 is 57.9 Å². The number of benzene rings is 1. The molecule has 2 aromatic heterocycles. The number of hydrogen-bond acceptors (Lipinski definition) is 5. The smallest absolute Gasteiger partial charge is 0.269 e. The lowest BCUT2D eigenvalue weighted by Gasteiger charge is -1.99. The molecule has 3 aromatic rings. The monoisotopic (exact) mass is 392 g/mol. The van der Waals surface area contributed by atoms with Crippen LogP contribution in [-0.2, 0) is 0 Å². The second-order valence-corrected chi connectivity index (χ2v) is 7.18. The molecule has 0 aliphatic rings. The van der Waals surface area contributed by atoms with Crippen LogP contribution in [-0.4, -0.2) is 27.3 Å². The van der Waals surface area contributed by atoms with Gasteiger partial charge in [-0.05, 0) is 18.4 Å². The Kier molecular flexibility index (Phi) is 4.52. The van der Waals surface area contributed by atoms with Crippen molar-refractivity contribution in [3.63, 3.8) is 0 Å². The molecule has 10 heteroatoms. The fourth-order valence-corrected chi connectivity index (χ4v) is 4.41. The number of H-pyrrole nitrogens is 1. The molecule has 114 valence electrons. The Bertz CT molecular complexity index is 877. The van der Waals surface area contributed by atoms with Crippen molar-refractivity contribution in [1.29, 1.82) is 0 Å². The maximum Gasteiger partial charge on any atom is 0.269 e. The third-order valence-electron chi connectivity index (χ3n) is 2.74. The summed E-state index contributed by atoms with van der Waals surface area (Å²) in [6, 6.07) is 3.31. The molecule has 2 N–H and O–H groups in total. The van der Waals surface area contributed by atoms with Gasteiger partial charge < -0.3 is 0 Å². The number of thiophene rings is 1. The fraction of sp³-hybridized carbons (Fsp3) is 0.0833. The number of carbonyl (C=O) groups excluding carboxylic acids is 1. The van der Waals surface area contributed by atoms with Crippen molar-refractivity contribution < 1.29 is 4.79 Å². The molecule has 1 aromatic carbocycles. The van der Waals surface area contributed by atoms with E-state index >= 15 is 0 Å². The zero-order chi connectivity index (χ0) is 15.9. The number of anilines is 1. The second-order valence-electron chi connectivity index (χ2n) is 4.13. The van der Waals surface area contributed by atoms with Crippen molar-refractivity contribution in [2.24, 2.45) is 0 Å². The van der Waals surface area contributed by atoms with Gasteiger partial charge >= 0.3 is 0 Å². The SMILES string of the molecule is CSc1n[nH]c(NC(=O)c2sc3cc(Cl)cc(Cl)c3c2Cl)n1. The molecule has 0 bridgehead atoms. The van der Waals surface area contributed by atoms with Gasteiger partial charge in [0.2, 0.25) is 11.1 Å². The second kappa shape index (κ2) is 6.25. The lowest BCUT2D eigenvalue weighted by Crippen LogP contribution is -2.11. The summed E-state index contributed by atoms with van der Waals surface area (Å²) in [6.45, 7) is 0. The predicted molar refractivity (Wildman–Crippen MR) is 93.0 cm³/mol. The molecular formula is C12H7Cl3N4OS2. The molecule has 0 aliphatic heterocycles. The van der Waals surface area contributed by atoms with Crippen molar-refractivity contribution in [3.8, 4) is 0 Å². The van der Waals surface area contributed by atoms with Gasteiger partial charge in [0.1, 0.15) is 4.88 Å². The van der Waals surface area contributed by atoms with Crippen molar-refractivity contribution >= 4 is 79.8 Å². The summed E-state index contributed by atoms with van der Waals surface area (Å²) in [5.74, 6) is -0.130. The van der Waals surface area contributed by atoms with E-state index in [0.29, 0.717) is 30.5 Å². The third-order valence-corrected chi connectivity index (χ3v) is 5.42. The molecule has 0 saturated carbocycles. The zero-order valence-corrected chi connectivity index (χ0v) is 14.8. The Balaban J connectivity index is 1.97. The molecule has 1 amide bonds. The first kappa shape index (κ1) is 15.9. The van der Waals surface area contributed by atoms with Crippen molar-refractivity contribution in [2.45, 2.75) is 5.16 Å². The summed E-state index contributed by atoms with van der Waals surface area (Å²) in [6.07, 6.45) is 1.84. The van der Waals surface area contributed by atoms with Gasteiger partial charge in [0, 0.05) is 15.1 Å². The van der Waals surface area contributed by atoms with Crippen LogP contribution in [0.1, 0.15) is 9.67 Å². The Hall–Kier alpha value is -0.990. The minimum atomic E-state index is -0.387. The van der Waals surface area contributed by atoms with Gasteiger partial charge in [0.25, 0.3) is 5.91 Å². The van der Waals surface area contributed by atoms with Crippen LogP contribution in [0.25, 0.3) is 10.1 Å². The lowest BCUT2D eigenvalue weighted by molar-refractivity contribution is 0.103. The lowest BCUT2D eigenvalue weighted by atomic mass is 10.2. The Morgan fingerprint density at radius 1 is 1.36 bits per heavy atom. The van der Waals surface area contributed by atoms with Gasteiger partial charge in [0.15, 0.2) is 0 Å². The van der Waals surface area contributed by atoms with Gasteiger partial charge in [-0.2, -0.15) is 4.98 Å². The average molecular weight is 394 g/mol. The van der Waals surface area contributed by atoms with Gasteiger partial charge in [-0.1, -0.05) is 46.6 Å². The molecule has 0 spiro atoms. The Labute approximate surface area is 148 Å². The number of aromatic nitrogens is 3. The van der Waals surface area contributed by atoms with Crippen LogP contribution < -0.4 is 5.32 Å². The van der Waals surface area contributed by atoms with Gasteiger partial charge in [-0.25, -0.2) is 5.10 Å². The first-order valence-electron chi connectivity index (χ1n) is 5.84. The number of rotatable bonds is 3. The van der Waals surface area contributed by atoms with E-state index in [1.54, 1.807) is 12.1 Å². The Morgan fingerprint density at radius 3 is 2.82 bits per heavy atom. The van der Waals surface area contributed by atoms with Crippen molar-refractivity contribution in [1.82, 2.24) is 15.2 Å². The number of amides is 1. The summed E-state index contributed by atoms with van der Waals surface area (Å²) in [5.41, 5.74) is 0. The van der Waals surface area contributed by atoms with Crippen LogP contribution in [0, 0.1) is 0 Å². The normalized spacial score (nSPS) is 11.1. The first-order chi connectivity index (χ1) is 10.5. The van der Waals surface area contributed by atoms with E-state index in [-0.39, 0.29) is 11.9 Å². The van der Waals surface area contributed by atoms with E-state index in [9.17, 15) is 4.79 Å². The molecule has 0 unspecified atom stereocenters. The van der Waals surface area contributed by atoms with E-state index in [1.807, 2.05) is 6.26 Å². The maximum absolute atomic E-state index is 12.3. The molecular weight excluding hydrogens is 387 g/mol. The number of halogens is 3. The largest absolute Gasteiger partial charge is 0.290 e. The highest BCUT2D eigenvalue weighted by Crippen LogP contribution is 2.41. The third kappa shape index (κ3) is 2.91. The number of nitrogens with one attached hydrogen (secondary N) is 2. The number of carbonyl (C=O) groups is 1. The molecule has 0 atom stereocenters. The van der Waals surface area contributed by atoms with Gasteiger partial charge in [0.05, 0.1) is 10.0 Å². The molecule has 5 nitrogen and oxygen atoms in total. The molecule has 0 fully saturated rings. The van der Waals surface area contributed by atoms with Gasteiger partial charge in [-0.3, -0.25) is 10.1 Å². The zero-order valence-electron chi connectivity index (χ0n) is 10.9. The highest BCUT2D eigenvalue weighted by atomic mass is 35.5. The number of aromatic amines is 1. The quantitative estimate of drug-likeness (QED) is 0.617. The highest BCUT2D eigenvalue weighted by molar-refractivity contribution is 7.98. The molecule has 3 rings (SSSR count). The van der Waals surface area contributed by atoms with Crippen LogP contribution in [0.15, 0.2) is 17.3 Å². The summed E-state index contributed by atoms with van der Waals surface area (Å²) < 4.78 is 0.745. The van der Waals surface area contributed by atoms with E-state index in [1.165, 1.54) is 23.1 Å². The van der Waals surface area contributed by atoms with Crippen molar-refractivity contribution in [3.05, 3.63) is 32.1 Å². The van der Waals surface area contributed by atoms with E-state index < -0.39 is 0 Å². The highest BCUT2D eigenvalue weighted by Gasteiger charge is 2.20. The van der Waals surface area contributed by atoms with E-state index in [0.717, 1.165) is 4.70 Å². The van der Waals surface area contributed by atoms with Crippen molar-refractivity contribution in [2.75, 3.05) is 11.6 Å². The molecule has 2 heterocycles. The van der Waals surface area contributed by atoms with Crippen LogP contribution in [0.4, 0.5) is 5.95 Å². The standard InChI is InChI=1S/C12H7Cl3N4OS2/c1-21-12-17-11(18-19-12)16-10(20)9-8(15)7-5(14)2-4(13)3-6(7)22-9/h2-3H,1H3,(H2,16,17,18,19,20). The summed E-state index contributed by atoms with van der Waals surface area (Å²) >= 11 is 21.0. The van der Waals surface area contributed by atoms with E-state index in [4.69, 9.17) is 34.8 Å². The summed E-state index contributed by atoms with van der Waals surface area (Å²) in [4.78, 5) is 16.8. The Morgan fingerprint density at radius 2 is 2.14 bits per heavy atom. The minimum Gasteiger partial charge on any atom is -0.290 e. The number of hydrogen-bond donors (Lipinski definition) is 2. The topological polar surface area (TPSA) is 70.7 Å². The van der Waals surface area contributed by atoms with Crippen LogP contribution in [0.3, 0.4) is 0 Å². The molecule has 0 radical (unpaired) electrons. The van der Waals surface area contributed by atoms with Crippen LogP contribution in [0.5, 0.6) is 0 Å². The first-order valence-corrected chi connectivity index (χ1v) is 9.02. The minimum absolute atomic E-state index is 0.256. The van der Waals surface area contributed by atoms with E-state index in [2.05, 4.69) is 20.5 Å². The summed E-state index contributed by atoms with van der Waals surface area (Å²) in [7, 11) is 0. The fourth-order valence-electron chi connectivity index (χ4n) is 1.82. The number of thioether (sulfide) groups is 1. The maximum atomic E-state index is 12.3. The molecule has 0 saturated heterocycles. The number of nitrogens with zero attached hydrogens (tertiary/aromatic N) is 2. The molecule has 0 aliphatic carbocycles. The van der Waals surface area contributed by atoms with Crippen LogP contribution in [0.2, 0.25) is 15.1 Å². The van der Waals surface area contributed by atoms with Gasteiger partial charge in [-0.15, -0.1) is 16.4 Å². The predicted octanol–water partition coefficient (Wildman–Crippen LogP) is 4.95.